The third-order valence-electron chi connectivity index (χ3n) is 4.35. The fourth-order valence-corrected chi connectivity index (χ4v) is 4.29. The number of hydrogen-bond donors (Lipinski definition) is 0. The van der Waals surface area contributed by atoms with E-state index in [1.54, 1.807) is 7.11 Å². The normalized spacial score (nSPS) is 10.8. The van der Waals surface area contributed by atoms with Gasteiger partial charge in [0, 0.05) is 15.1 Å². The number of benzene rings is 3. The molecule has 0 N–H and O–H groups in total. The van der Waals surface area contributed by atoms with Gasteiger partial charge in [-0.2, -0.15) is 0 Å². The lowest BCUT2D eigenvalue weighted by Crippen LogP contribution is -1.91. The Kier molecular flexibility index (Phi) is 4.12. The molecule has 0 saturated carbocycles. The van der Waals surface area contributed by atoms with E-state index in [1.807, 2.05) is 23.5 Å². The van der Waals surface area contributed by atoms with Crippen molar-refractivity contribution < 1.29 is 4.74 Å². The summed E-state index contributed by atoms with van der Waals surface area (Å²) in [6, 6.07) is 25.4. The fraction of sp³-hybridized carbons (Fsp3) is 0.0435. The van der Waals surface area contributed by atoms with Gasteiger partial charge in [0.15, 0.2) is 0 Å². The second-order valence-electron chi connectivity index (χ2n) is 5.86. The average Bonchev–Trinajstić information content (AvgIpc) is 3.11. The van der Waals surface area contributed by atoms with Crippen LogP contribution in [0.1, 0.15) is 5.56 Å². The Bertz CT molecular complexity index is 1010. The quantitative estimate of drug-likeness (QED) is 0.392. The monoisotopic (exact) mass is 342 g/mol. The van der Waals surface area contributed by atoms with Crippen LogP contribution in [-0.2, 0) is 0 Å². The molecule has 2 heteroatoms. The highest BCUT2D eigenvalue weighted by molar-refractivity contribution is 7.22. The molecule has 0 fully saturated rings. The van der Waals surface area contributed by atoms with Crippen molar-refractivity contribution in [1.82, 2.24) is 0 Å². The van der Waals surface area contributed by atoms with Crippen molar-refractivity contribution in [1.29, 1.82) is 0 Å². The Morgan fingerprint density at radius 2 is 1.68 bits per heavy atom. The molecule has 0 saturated heterocycles. The van der Waals surface area contributed by atoms with Crippen LogP contribution in [-0.4, -0.2) is 7.11 Å². The van der Waals surface area contributed by atoms with Crippen LogP contribution in [0.3, 0.4) is 0 Å². The summed E-state index contributed by atoms with van der Waals surface area (Å²) in [4.78, 5) is 1.25. The van der Waals surface area contributed by atoms with E-state index in [2.05, 4.69) is 73.3 Å². The van der Waals surface area contributed by atoms with Gasteiger partial charge in [-0.3, -0.25) is 0 Å². The third-order valence-corrected chi connectivity index (χ3v) is 5.49. The van der Waals surface area contributed by atoms with Gasteiger partial charge in [-0.1, -0.05) is 61.2 Å². The summed E-state index contributed by atoms with van der Waals surface area (Å²) in [6.45, 7) is 4.03. The zero-order valence-corrected chi connectivity index (χ0v) is 14.8. The maximum atomic E-state index is 5.52. The first-order chi connectivity index (χ1) is 12.3. The standard InChI is InChI=1S/C23H18OS/c1-3-16-13-19(24-2)15-20(17-9-5-4-6-10-17)23(16)22-14-18-11-7-8-12-21(18)25-22/h3-15H,1H2,2H3. The van der Waals surface area contributed by atoms with E-state index in [9.17, 15) is 0 Å². The van der Waals surface area contributed by atoms with Crippen LogP contribution in [0.15, 0.2) is 79.4 Å². The minimum atomic E-state index is 0.846. The molecule has 0 atom stereocenters. The van der Waals surface area contributed by atoms with Gasteiger partial charge in [0.05, 0.1) is 7.11 Å². The lowest BCUT2D eigenvalue weighted by molar-refractivity contribution is 0.415. The topological polar surface area (TPSA) is 9.23 Å². The highest BCUT2D eigenvalue weighted by Gasteiger charge is 2.15. The fourth-order valence-electron chi connectivity index (χ4n) is 3.14. The first-order valence-corrected chi connectivity index (χ1v) is 9.00. The van der Waals surface area contributed by atoms with Gasteiger partial charge in [-0.25, -0.2) is 0 Å². The summed E-state index contributed by atoms with van der Waals surface area (Å²) in [6.07, 6.45) is 1.91. The van der Waals surface area contributed by atoms with Gasteiger partial charge in [0.2, 0.25) is 0 Å². The van der Waals surface area contributed by atoms with Gasteiger partial charge < -0.3 is 4.74 Å². The highest BCUT2D eigenvalue weighted by atomic mass is 32.1. The molecular weight excluding hydrogens is 324 g/mol. The van der Waals surface area contributed by atoms with Crippen molar-refractivity contribution in [3.8, 4) is 27.3 Å². The zero-order chi connectivity index (χ0) is 17.2. The largest absolute Gasteiger partial charge is 0.497 e. The first-order valence-electron chi connectivity index (χ1n) is 8.19. The van der Waals surface area contributed by atoms with Gasteiger partial charge >= 0.3 is 0 Å². The predicted octanol–water partition coefficient (Wildman–Crippen LogP) is 6.89. The molecule has 4 rings (SSSR count). The molecule has 0 aliphatic carbocycles. The lowest BCUT2D eigenvalue weighted by atomic mass is 9.93. The summed E-state index contributed by atoms with van der Waals surface area (Å²) in [5.74, 6) is 0.846. The number of rotatable bonds is 4. The van der Waals surface area contributed by atoms with Crippen LogP contribution < -0.4 is 4.74 Å². The van der Waals surface area contributed by atoms with Crippen LogP contribution in [0.4, 0.5) is 0 Å². The molecule has 1 nitrogen and oxygen atoms in total. The van der Waals surface area contributed by atoms with E-state index in [4.69, 9.17) is 4.74 Å². The molecule has 0 bridgehead atoms. The van der Waals surface area contributed by atoms with Crippen LogP contribution in [0.25, 0.3) is 37.7 Å². The van der Waals surface area contributed by atoms with Crippen molar-refractivity contribution in [3.63, 3.8) is 0 Å². The zero-order valence-electron chi connectivity index (χ0n) is 14.0. The minimum Gasteiger partial charge on any atom is -0.497 e. The van der Waals surface area contributed by atoms with Gasteiger partial charge in [0.25, 0.3) is 0 Å². The summed E-state index contributed by atoms with van der Waals surface area (Å²) in [5.41, 5.74) is 4.64. The summed E-state index contributed by atoms with van der Waals surface area (Å²) in [5, 5.41) is 1.27. The lowest BCUT2D eigenvalue weighted by Gasteiger charge is -2.14. The molecule has 0 spiro atoms. The number of methoxy groups -OCH3 is 1. The molecule has 1 heterocycles. The predicted molar refractivity (Wildman–Crippen MR) is 109 cm³/mol. The van der Waals surface area contributed by atoms with Gasteiger partial charge in [-0.05, 0) is 46.3 Å². The summed E-state index contributed by atoms with van der Waals surface area (Å²) >= 11 is 1.81. The second-order valence-corrected chi connectivity index (χ2v) is 6.94. The molecule has 0 aliphatic heterocycles. The Morgan fingerprint density at radius 3 is 2.40 bits per heavy atom. The highest BCUT2D eigenvalue weighted by Crippen LogP contribution is 2.43. The second kappa shape index (κ2) is 6.58. The van der Waals surface area contributed by atoms with Crippen molar-refractivity contribution in [2.75, 3.05) is 7.11 Å². The van der Waals surface area contributed by atoms with Crippen molar-refractivity contribution in [2.45, 2.75) is 0 Å². The Labute approximate surface area is 151 Å². The van der Waals surface area contributed by atoms with E-state index < -0.39 is 0 Å². The first kappa shape index (κ1) is 15.7. The Hall–Kier alpha value is -2.84. The van der Waals surface area contributed by atoms with E-state index in [0.717, 1.165) is 11.3 Å². The van der Waals surface area contributed by atoms with E-state index in [0.29, 0.717) is 0 Å². The maximum Gasteiger partial charge on any atom is 0.120 e. The van der Waals surface area contributed by atoms with E-state index >= 15 is 0 Å². The van der Waals surface area contributed by atoms with Crippen molar-refractivity contribution in [3.05, 3.63) is 84.9 Å². The number of thiophene rings is 1. The Balaban J connectivity index is 2.04. The van der Waals surface area contributed by atoms with Gasteiger partial charge in [0.1, 0.15) is 5.75 Å². The molecule has 0 unspecified atom stereocenters. The van der Waals surface area contributed by atoms with Crippen LogP contribution in [0.2, 0.25) is 0 Å². The molecule has 0 aliphatic rings. The number of fused-ring (bicyclic) bond motifs is 1. The van der Waals surface area contributed by atoms with E-state index in [1.165, 1.54) is 31.7 Å². The molecule has 1 aromatic heterocycles. The Morgan fingerprint density at radius 1 is 0.920 bits per heavy atom. The van der Waals surface area contributed by atoms with Gasteiger partial charge in [-0.15, -0.1) is 11.3 Å². The molecular formula is C23H18OS. The molecule has 3 aromatic carbocycles. The van der Waals surface area contributed by atoms with E-state index in [-0.39, 0.29) is 0 Å². The van der Waals surface area contributed by atoms with Crippen molar-refractivity contribution in [2.24, 2.45) is 0 Å². The smallest absolute Gasteiger partial charge is 0.120 e. The SMILES string of the molecule is C=Cc1cc(OC)cc(-c2ccccc2)c1-c1cc2ccccc2s1. The number of ether oxygens (including phenoxy) is 1. The number of hydrogen-bond acceptors (Lipinski definition) is 2. The summed E-state index contributed by atoms with van der Waals surface area (Å²) in [7, 11) is 1.70. The molecule has 122 valence electrons. The molecule has 25 heavy (non-hydrogen) atoms. The van der Waals surface area contributed by atoms with Crippen LogP contribution >= 0.6 is 11.3 Å². The summed E-state index contributed by atoms with van der Waals surface area (Å²) < 4.78 is 6.82. The third kappa shape index (κ3) is 2.86. The average molecular weight is 342 g/mol. The molecule has 0 amide bonds. The van der Waals surface area contributed by atoms with Crippen molar-refractivity contribution >= 4 is 27.5 Å². The van der Waals surface area contributed by atoms with Crippen LogP contribution in [0, 0.1) is 0 Å². The van der Waals surface area contributed by atoms with Crippen LogP contribution in [0.5, 0.6) is 5.75 Å². The maximum absolute atomic E-state index is 5.52. The minimum absolute atomic E-state index is 0.846. The molecule has 0 radical (unpaired) electrons. The molecule has 4 aromatic rings.